The minimum atomic E-state index is -0.402. The predicted octanol–water partition coefficient (Wildman–Crippen LogP) is 4.87. The van der Waals surface area contributed by atoms with Crippen molar-refractivity contribution < 1.29 is 0 Å². The third-order valence-corrected chi connectivity index (χ3v) is 5.26. The third-order valence-electron chi connectivity index (χ3n) is 5.26. The molecular formula is C19H26N2. The first kappa shape index (κ1) is 14.4. The van der Waals surface area contributed by atoms with E-state index in [0.717, 1.165) is 17.4 Å². The summed E-state index contributed by atoms with van der Waals surface area (Å²) in [5.41, 5.74) is 1.89. The molecule has 1 aromatic carbocycles. The average molecular weight is 282 g/mol. The molecule has 2 aliphatic carbocycles. The van der Waals surface area contributed by atoms with Crippen molar-refractivity contribution in [2.24, 2.45) is 11.8 Å². The standard InChI is InChI=1S/C19H26N2/c1-19(2,13-20)16-8-10-17(11-9-16)21-18-5-3-4-15(12-18)14-6-7-14/h8-11,14-15,18,21H,3-7,12H2,1-2H3. The zero-order chi connectivity index (χ0) is 14.9. The lowest BCUT2D eigenvalue weighted by molar-refractivity contribution is 0.303. The molecule has 2 aliphatic rings. The quantitative estimate of drug-likeness (QED) is 0.855. The van der Waals surface area contributed by atoms with Crippen LogP contribution in [-0.4, -0.2) is 6.04 Å². The fraction of sp³-hybridized carbons (Fsp3) is 0.632. The van der Waals surface area contributed by atoms with E-state index in [4.69, 9.17) is 0 Å². The molecule has 2 nitrogen and oxygen atoms in total. The number of benzene rings is 1. The highest BCUT2D eigenvalue weighted by atomic mass is 14.9. The lowest BCUT2D eigenvalue weighted by Gasteiger charge is -2.30. The lowest BCUT2D eigenvalue weighted by atomic mass is 9.82. The molecule has 0 spiro atoms. The Morgan fingerprint density at radius 3 is 2.38 bits per heavy atom. The molecule has 112 valence electrons. The molecule has 2 heteroatoms. The van der Waals surface area contributed by atoms with E-state index >= 15 is 0 Å². The minimum Gasteiger partial charge on any atom is -0.382 e. The maximum Gasteiger partial charge on any atom is 0.0766 e. The molecule has 0 aliphatic heterocycles. The van der Waals surface area contributed by atoms with Crippen LogP contribution in [0.4, 0.5) is 5.69 Å². The second-order valence-electron chi connectivity index (χ2n) is 7.42. The Hall–Kier alpha value is -1.49. The van der Waals surface area contributed by atoms with E-state index in [-0.39, 0.29) is 0 Å². The van der Waals surface area contributed by atoms with Crippen molar-refractivity contribution in [1.82, 2.24) is 0 Å². The van der Waals surface area contributed by atoms with Gasteiger partial charge in [0.2, 0.25) is 0 Å². The van der Waals surface area contributed by atoms with Crippen LogP contribution >= 0.6 is 0 Å². The van der Waals surface area contributed by atoms with Gasteiger partial charge in [-0.3, -0.25) is 0 Å². The number of nitrogens with one attached hydrogen (secondary N) is 1. The van der Waals surface area contributed by atoms with E-state index < -0.39 is 5.41 Å². The monoisotopic (exact) mass is 282 g/mol. The van der Waals surface area contributed by atoms with Crippen molar-refractivity contribution in [2.75, 3.05) is 5.32 Å². The molecule has 21 heavy (non-hydrogen) atoms. The van der Waals surface area contributed by atoms with Gasteiger partial charge in [-0.2, -0.15) is 5.26 Å². The zero-order valence-electron chi connectivity index (χ0n) is 13.2. The summed E-state index contributed by atoms with van der Waals surface area (Å²) in [6.07, 6.45) is 8.39. The van der Waals surface area contributed by atoms with Crippen molar-refractivity contribution in [1.29, 1.82) is 5.26 Å². The van der Waals surface area contributed by atoms with Gasteiger partial charge in [0.25, 0.3) is 0 Å². The van der Waals surface area contributed by atoms with E-state index in [9.17, 15) is 5.26 Å². The van der Waals surface area contributed by atoms with Gasteiger partial charge in [0.1, 0.15) is 0 Å². The topological polar surface area (TPSA) is 35.8 Å². The summed E-state index contributed by atoms with van der Waals surface area (Å²) in [6.45, 7) is 3.94. The fourth-order valence-corrected chi connectivity index (χ4v) is 3.64. The highest BCUT2D eigenvalue weighted by molar-refractivity contribution is 5.47. The lowest BCUT2D eigenvalue weighted by Crippen LogP contribution is -2.28. The average Bonchev–Trinajstić information content (AvgIpc) is 3.33. The van der Waals surface area contributed by atoms with E-state index in [1.807, 2.05) is 13.8 Å². The van der Waals surface area contributed by atoms with Crippen LogP contribution in [0.3, 0.4) is 0 Å². The Bertz CT molecular complexity index is 519. The van der Waals surface area contributed by atoms with E-state index in [1.165, 1.54) is 44.2 Å². The highest BCUT2D eigenvalue weighted by Gasteiger charge is 2.34. The van der Waals surface area contributed by atoms with E-state index in [0.29, 0.717) is 6.04 Å². The van der Waals surface area contributed by atoms with Crippen LogP contribution in [0.1, 0.15) is 57.9 Å². The Labute approximate surface area is 128 Å². The van der Waals surface area contributed by atoms with Crippen LogP contribution < -0.4 is 5.32 Å². The molecule has 1 N–H and O–H groups in total. The Morgan fingerprint density at radius 2 is 1.76 bits per heavy atom. The first-order valence-electron chi connectivity index (χ1n) is 8.37. The molecule has 1 aromatic rings. The number of anilines is 1. The zero-order valence-corrected chi connectivity index (χ0v) is 13.2. The summed E-state index contributed by atoms with van der Waals surface area (Å²) in [7, 11) is 0. The molecule has 0 aromatic heterocycles. The van der Waals surface area contributed by atoms with Gasteiger partial charge in [0.05, 0.1) is 11.5 Å². The van der Waals surface area contributed by atoms with Crippen LogP contribution in [0.5, 0.6) is 0 Å². The largest absolute Gasteiger partial charge is 0.382 e. The number of hydrogen-bond donors (Lipinski definition) is 1. The second-order valence-corrected chi connectivity index (χ2v) is 7.42. The van der Waals surface area contributed by atoms with Crippen molar-refractivity contribution in [3.8, 4) is 6.07 Å². The molecule has 0 bridgehead atoms. The van der Waals surface area contributed by atoms with Crippen molar-refractivity contribution in [3.05, 3.63) is 29.8 Å². The van der Waals surface area contributed by atoms with Gasteiger partial charge in [-0.25, -0.2) is 0 Å². The molecule has 0 saturated heterocycles. The summed E-state index contributed by atoms with van der Waals surface area (Å²) >= 11 is 0. The summed E-state index contributed by atoms with van der Waals surface area (Å²) < 4.78 is 0. The first-order chi connectivity index (χ1) is 10.1. The van der Waals surface area contributed by atoms with Gasteiger partial charge in [-0.05, 0) is 69.1 Å². The SMILES string of the molecule is CC(C)(C#N)c1ccc(NC2CCCC(C3CC3)C2)cc1. The summed E-state index contributed by atoms with van der Waals surface area (Å²) in [5.74, 6) is 2.00. The molecule has 2 fully saturated rings. The predicted molar refractivity (Wildman–Crippen MR) is 87.2 cm³/mol. The van der Waals surface area contributed by atoms with Gasteiger partial charge in [-0.1, -0.05) is 25.0 Å². The number of rotatable bonds is 4. The number of nitrogens with zero attached hydrogens (tertiary/aromatic N) is 1. The van der Waals surface area contributed by atoms with E-state index in [2.05, 4.69) is 35.7 Å². The highest BCUT2D eigenvalue weighted by Crippen LogP contribution is 2.44. The summed E-state index contributed by atoms with van der Waals surface area (Å²) in [4.78, 5) is 0. The second kappa shape index (κ2) is 5.72. The maximum atomic E-state index is 9.20. The van der Waals surface area contributed by atoms with Gasteiger partial charge in [0.15, 0.2) is 0 Å². The van der Waals surface area contributed by atoms with Gasteiger partial charge >= 0.3 is 0 Å². The van der Waals surface area contributed by atoms with Crippen molar-refractivity contribution in [2.45, 2.75) is 63.8 Å². The number of nitriles is 1. The molecule has 0 heterocycles. The van der Waals surface area contributed by atoms with Gasteiger partial charge in [0, 0.05) is 11.7 Å². The molecule has 0 radical (unpaired) electrons. The van der Waals surface area contributed by atoms with Crippen molar-refractivity contribution in [3.63, 3.8) is 0 Å². The van der Waals surface area contributed by atoms with Crippen LogP contribution in [-0.2, 0) is 5.41 Å². The Morgan fingerprint density at radius 1 is 1.05 bits per heavy atom. The minimum absolute atomic E-state index is 0.402. The molecule has 2 unspecified atom stereocenters. The smallest absolute Gasteiger partial charge is 0.0766 e. The molecular weight excluding hydrogens is 256 g/mol. The van der Waals surface area contributed by atoms with E-state index in [1.54, 1.807) is 0 Å². The third kappa shape index (κ3) is 3.40. The maximum absolute atomic E-state index is 9.20. The van der Waals surface area contributed by atoms with Crippen LogP contribution in [0.15, 0.2) is 24.3 Å². The summed E-state index contributed by atoms with van der Waals surface area (Å²) in [5, 5.41) is 12.9. The Balaban J connectivity index is 1.61. The van der Waals surface area contributed by atoms with Crippen LogP contribution in [0, 0.1) is 23.2 Å². The normalized spacial score (nSPS) is 26.1. The molecule has 0 amide bonds. The van der Waals surface area contributed by atoms with Crippen molar-refractivity contribution >= 4 is 5.69 Å². The Kier molecular flexibility index (Phi) is 3.93. The van der Waals surface area contributed by atoms with Gasteiger partial charge < -0.3 is 5.32 Å². The molecule has 2 atom stereocenters. The molecule has 2 saturated carbocycles. The molecule has 3 rings (SSSR count). The number of hydrogen-bond acceptors (Lipinski definition) is 2. The summed E-state index contributed by atoms with van der Waals surface area (Å²) in [6, 6.07) is 11.4. The first-order valence-corrected chi connectivity index (χ1v) is 8.37. The van der Waals surface area contributed by atoms with Crippen LogP contribution in [0.2, 0.25) is 0 Å². The van der Waals surface area contributed by atoms with Crippen LogP contribution in [0.25, 0.3) is 0 Å². The fourth-order valence-electron chi connectivity index (χ4n) is 3.64. The van der Waals surface area contributed by atoms with Gasteiger partial charge in [-0.15, -0.1) is 0 Å².